The van der Waals surface area contributed by atoms with E-state index in [0.717, 1.165) is 12.8 Å². The number of rotatable bonds is 7. The minimum atomic E-state index is -3.58. The Balaban J connectivity index is 2.00. The number of hydrogen-bond donors (Lipinski definition) is 3. The average Bonchev–Trinajstić information content (AvgIpc) is 2.98. The van der Waals surface area contributed by atoms with Crippen LogP contribution in [0.15, 0.2) is 29.2 Å². The number of anilines is 1. The quantitative estimate of drug-likeness (QED) is 0.706. The molecule has 0 unspecified atom stereocenters. The molecule has 0 heterocycles. The lowest BCUT2D eigenvalue weighted by atomic mass is 10.0. The molecule has 1 fully saturated rings. The number of carbonyl (C=O) groups excluding carboxylic acids is 1. The van der Waals surface area contributed by atoms with E-state index < -0.39 is 10.0 Å². The molecule has 1 aliphatic carbocycles. The van der Waals surface area contributed by atoms with E-state index in [1.165, 1.54) is 25.0 Å². The second kappa shape index (κ2) is 7.71. The summed E-state index contributed by atoms with van der Waals surface area (Å²) in [4.78, 5) is 12.1. The van der Waals surface area contributed by atoms with E-state index in [1.54, 1.807) is 12.1 Å². The number of hydrogen-bond acceptors (Lipinski definition) is 4. The maximum Gasteiger partial charge on any atom is 0.240 e. The van der Waals surface area contributed by atoms with Crippen LogP contribution in [0, 0.1) is 5.92 Å². The Hall–Kier alpha value is -1.44. The Kier molecular flexibility index (Phi) is 5.93. The first-order valence-corrected chi connectivity index (χ1v) is 9.09. The molecule has 1 saturated carbocycles. The number of carbonyl (C=O) groups is 1. The van der Waals surface area contributed by atoms with E-state index in [0.29, 0.717) is 18.0 Å². The van der Waals surface area contributed by atoms with E-state index in [9.17, 15) is 13.2 Å². The maximum absolute atomic E-state index is 12.0. The summed E-state index contributed by atoms with van der Waals surface area (Å²) in [5.41, 5.74) is 5.80. The van der Waals surface area contributed by atoms with Gasteiger partial charge in [0.25, 0.3) is 0 Å². The molecule has 0 aromatic heterocycles. The number of amides is 1. The van der Waals surface area contributed by atoms with Gasteiger partial charge in [-0.05, 0) is 37.0 Å². The molecule has 22 heavy (non-hydrogen) atoms. The Morgan fingerprint density at radius 1 is 1.27 bits per heavy atom. The molecule has 0 aliphatic heterocycles. The zero-order chi connectivity index (χ0) is 16.0. The van der Waals surface area contributed by atoms with Gasteiger partial charge in [0.1, 0.15) is 0 Å². The molecule has 122 valence electrons. The Labute approximate surface area is 131 Å². The molecular formula is C15H23N3O3S. The predicted octanol–water partition coefficient (Wildman–Crippen LogP) is 1.44. The second-order valence-corrected chi connectivity index (χ2v) is 7.38. The summed E-state index contributed by atoms with van der Waals surface area (Å²) in [6.07, 6.45) is 5.09. The van der Waals surface area contributed by atoms with Crippen molar-refractivity contribution < 1.29 is 13.2 Å². The topological polar surface area (TPSA) is 101 Å². The monoisotopic (exact) mass is 325 g/mol. The predicted molar refractivity (Wildman–Crippen MR) is 85.9 cm³/mol. The van der Waals surface area contributed by atoms with Gasteiger partial charge < -0.3 is 11.1 Å². The van der Waals surface area contributed by atoms with Crippen LogP contribution in [-0.2, 0) is 14.8 Å². The molecule has 1 aromatic rings. The Morgan fingerprint density at radius 3 is 2.68 bits per heavy atom. The van der Waals surface area contributed by atoms with Gasteiger partial charge in [-0.25, -0.2) is 13.1 Å². The van der Waals surface area contributed by atoms with Gasteiger partial charge in [-0.2, -0.15) is 0 Å². The smallest absolute Gasteiger partial charge is 0.240 e. The normalized spacial score (nSPS) is 15.9. The highest BCUT2D eigenvalue weighted by molar-refractivity contribution is 7.89. The van der Waals surface area contributed by atoms with Gasteiger partial charge in [0, 0.05) is 25.2 Å². The summed E-state index contributed by atoms with van der Waals surface area (Å²) < 4.78 is 26.5. The average molecular weight is 325 g/mol. The summed E-state index contributed by atoms with van der Waals surface area (Å²) in [5, 5.41) is 2.78. The number of sulfonamides is 1. The highest BCUT2D eigenvalue weighted by Crippen LogP contribution is 2.27. The largest absolute Gasteiger partial charge is 0.329 e. The summed E-state index contributed by atoms with van der Waals surface area (Å²) >= 11 is 0. The molecule has 0 radical (unpaired) electrons. The highest BCUT2D eigenvalue weighted by atomic mass is 32.2. The second-order valence-electron chi connectivity index (χ2n) is 5.62. The zero-order valence-corrected chi connectivity index (χ0v) is 13.4. The molecule has 4 N–H and O–H groups in total. The number of nitrogens with two attached hydrogens (primary N) is 1. The molecule has 0 bridgehead atoms. The van der Waals surface area contributed by atoms with E-state index >= 15 is 0 Å². The molecule has 2 rings (SSSR count). The number of nitrogens with one attached hydrogen (secondary N) is 2. The van der Waals surface area contributed by atoms with Gasteiger partial charge in [0.15, 0.2) is 0 Å². The Morgan fingerprint density at radius 2 is 2.00 bits per heavy atom. The van der Waals surface area contributed by atoms with Crippen molar-refractivity contribution in [1.29, 1.82) is 0 Å². The van der Waals surface area contributed by atoms with Crippen molar-refractivity contribution in [2.24, 2.45) is 11.7 Å². The minimum absolute atomic E-state index is 0.0589. The zero-order valence-electron chi connectivity index (χ0n) is 12.5. The lowest BCUT2D eigenvalue weighted by Gasteiger charge is -2.11. The molecule has 1 aliphatic rings. The molecule has 6 nitrogen and oxygen atoms in total. The van der Waals surface area contributed by atoms with E-state index in [4.69, 9.17) is 5.73 Å². The van der Waals surface area contributed by atoms with Crippen LogP contribution >= 0.6 is 0 Å². The molecule has 1 amide bonds. The van der Waals surface area contributed by atoms with Gasteiger partial charge in [-0.1, -0.05) is 18.9 Å². The van der Waals surface area contributed by atoms with Crippen molar-refractivity contribution in [2.75, 3.05) is 18.4 Å². The van der Waals surface area contributed by atoms with Crippen LogP contribution in [0.3, 0.4) is 0 Å². The molecule has 0 atom stereocenters. The van der Waals surface area contributed by atoms with Crippen molar-refractivity contribution in [2.45, 2.75) is 37.0 Å². The summed E-state index contributed by atoms with van der Waals surface area (Å²) in [6, 6.07) is 6.26. The van der Waals surface area contributed by atoms with Gasteiger partial charge in [0.05, 0.1) is 4.90 Å². The highest BCUT2D eigenvalue weighted by Gasteiger charge is 2.19. The van der Waals surface area contributed by atoms with Gasteiger partial charge in [0.2, 0.25) is 15.9 Å². The van der Waals surface area contributed by atoms with E-state index in [2.05, 4.69) is 10.0 Å². The van der Waals surface area contributed by atoms with Crippen LogP contribution in [-0.4, -0.2) is 27.4 Å². The van der Waals surface area contributed by atoms with Gasteiger partial charge in [-0.15, -0.1) is 0 Å². The summed E-state index contributed by atoms with van der Waals surface area (Å²) in [6.45, 7) is 0.414. The number of benzene rings is 1. The van der Waals surface area contributed by atoms with Crippen LogP contribution in [0.25, 0.3) is 0 Å². The van der Waals surface area contributed by atoms with Crippen molar-refractivity contribution in [3.05, 3.63) is 24.3 Å². The van der Waals surface area contributed by atoms with Crippen molar-refractivity contribution in [3.63, 3.8) is 0 Å². The third-order valence-electron chi connectivity index (χ3n) is 3.81. The molecule has 7 heteroatoms. The fourth-order valence-electron chi connectivity index (χ4n) is 2.71. The molecule has 0 spiro atoms. The lowest BCUT2D eigenvalue weighted by Crippen LogP contribution is -2.29. The van der Waals surface area contributed by atoms with Crippen molar-refractivity contribution in [3.8, 4) is 0 Å². The van der Waals surface area contributed by atoms with Crippen LogP contribution in [0.4, 0.5) is 5.69 Å². The first kappa shape index (κ1) is 16.9. The minimum Gasteiger partial charge on any atom is -0.329 e. The van der Waals surface area contributed by atoms with Crippen LogP contribution in [0.5, 0.6) is 0 Å². The van der Waals surface area contributed by atoms with Crippen LogP contribution in [0.2, 0.25) is 0 Å². The summed E-state index contributed by atoms with van der Waals surface area (Å²) in [7, 11) is -3.58. The molecule has 0 saturated heterocycles. The molecule has 1 aromatic carbocycles. The summed E-state index contributed by atoms with van der Waals surface area (Å²) in [5.74, 6) is 0.398. The van der Waals surface area contributed by atoms with E-state index in [-0.39, 0.29) is 23.9 Å². The third kappa shape index (κ3) is 4.79. The van der Waals surface area contributed by atoms with Gasteiger partial charge in [-0.3, -0.25) is 4.79 Å². The molecular weight excluding hydrogens is 302 g/mol. The van der Waals surface area contributed by atoms with Crippen LogP contribution < -0.4 is 15.8 Å². The van der Waals surface area contributed by atoms with Crippen molar-refractivity contribution >= 4 is 21.6 Å². The Bertz CT molecular complexity index is 610. The standard InChI is InChI=1S/C15H23N3O3S/c16-8-9-17-22(20,21)14-7-3-6-13(11-14)18-15(19)10-12-4-1-2-5-12/h3,6-7,11-12,17H,1-2,4-5,8-10,16H2,(H,18,19). The first-order valence-electron chi connectivity index (χ1n) is 7.61. The fourth-order valence-corrected chi connectivity index (χ4v) is 3.80. The van der Waals surface area contributed by atoms with Crippen molar-refractivity contribution in [1.82, 2.24) is 4.72 Å². The van der Waals surface area contributed by atoms with Crippen LogP contribution in [0.1, 0.15) is 32.1 Å². The third-order valence-corrected chi connectivity index (χ3v) is 5.27. The SMILES string of the molecule is NCCNS(=O)(=O)c1cccc(NC(=O)CC2CCCC2)c1. The first-order chi connectivity index (χ1) is 10.5. The lowest BCUT2D eigenvalue weighted by molar-refractivity contribution is -0.117. The fraction of sp³-hybridized carbons (Fsp3) is 0.533. The maximum atomic E-state index is 12.0. The van der Waals surface area contributed by atoms with Gasteiger partial charge >= 0.3 is 0 Å². The van der Waals surface area contributed by atoms with E-state index in [1.807, 2.05) is 0 Å².